The number of nitrogens with one attached hydrogen (secondary N) is 1. The van der Waals surface area contributed by atoms with E-state index >= 15 is 0 Å². The summed E-state index contributed by atoms with van der Waals surface area (Å²) in [6, 6.07) is 5.65. The summed E-state index contributed by atoms with van der Waals surface area (Å²) in [6.45, 7) is 3.45. The van der Waals surface area contributed by atoms with Crippen LogP contribution in [0, 0.1) is 5.92 Å². The van der Waals surface area contributed by atoms with Crippen LogP contribution in [-0.2, 0) is 4.74 Å². The van der Waals surface area contributed by atoms with Gasteiger partial charge in [0.15, 0.2) is 5.82 Å². The maximum Gasteiger partial charge on any atom is 0.267 e. The van der Waals surface area contributed by atoms with Crippen molar-refractivity contribution in [2.24, 2.45) is 5.92 Å². The monoisotopic (exact) mass is 343 g/mol. The highest BCUT2D eigenvalue weighted by molar-refractivity contribution is 5.18. The van der Waals surface area contributed by atoms with Gasteiger partial charge in [-0.15, -0.1) is 5.10 Å². The van der Waals surface area contributed by atoms with E-state index in [0.29, 0.717) is 25.1 Å². The van der Waals surface area contributed by atoms with Gasteiger partial charge in [-0.2, -0.15) is 5.10 Å². The van der Waals surface area contributed by atoms with Crippen LogP contribution < -0.4 is 10.9 Å². The summed E-state index contributed by atoms with van der Waals surface area (Å²) in [5.41, 5.74) is -0.101. The summed E-state index contributed by atoms with van der Waals surface area (Å²) in [6.07, 6.45) is 8.44. The van der Waals surface area contributed by atoms with Crippen LogP contribution in [0.5, 0.6) is 0 Å². The summed E-state index contributed by atoms with van der Waals surface area (Å²) in [5.74, 6) is 1.46. The molecule has 2 aromatic rings. The van der Waals surface area contributed by atoms with E-state index in [9.17, 15) is 4.79 Å². The molecule has 0 aromatic carbocycles. The first-order valence-corrected chi connectivity index (χ1v) is 9.14. The van der Waals surface area contributed by atoms with Crippen molar-refractivity contribution in [2.45, 2.75) is 50.7 Å². The molecule has 1 saturated heterocycles. The molecule has 2 aliphatic rings. The maximum atomic E-state index is 12.4. The third kappa shape index (κ3) is 3.52. The van der Waals surface area contributed by atoms with Crippen LogP contribution in [0.4, 0.5) is 0 Å². The van der Waals surface area contributed by atoms with Gasteiger partial charge < -0.3 is 10.1 Å². The van der Waals surface area contributed by atoms with Gasteiger partial charge in [-0.1, -0.05) is 6.92 Å². The Morgan fingerprint density at radius 1 is 1.20 bits per heavy atom. The zero-order valence-electron chi connectivity index (χ0n) is 14.5. The van der Waals surface area contributed by atoms with Crippen molar-refractivity contribution in [3.8, 4) is 5.82 Å². The Kier molecular flexibility index (Phi) is 4.67. The molecule has 25 heavy (non-hydrogen) atoms. The number of ether oxygens (including phenoxy) is 1. The van der Waals surface area contributed by atoms with Crippen LogP contribution >= 0.6 is 0 Å². The minimum atomic E-state index is -0.101. The van der Waals surface area contributed by atoms with Gasteiger partial charge in [0, 0.05) is 24.5 Å². The van der Waals surface area contributed by atoms with Crippen LogP contribution in [0.1, 0.15) is 38.6 Å². The largest absolute Gasteiger partial charge is 0.377 e. The summed E-state index contributed by atoms with van der Waals surface area (Å²) >= 11 is 0. The molecular weight excluding hydrogens is 318 g/mol. The standard InChI is InChI=1S/C18H25N5O2/c1-13-3-5-14(6-4-13)20-15-11-25-12-16(15)23-18(24)8-7-17(21-23)22-10-2-9-19-22/h2,7-10,13-16,20H,3-6,11-12H2,1H3. The molecule has 0 spiro atoms. The number of hydrogen-bond acceptors (Lipinski definition) is 5. The van der Waals surface area contributed by atoms with E-state index in [1.807, 2.05) is 12.3 Å². The molecule has 1 saturated carbocycles. The molecule has 2 aromatic heterocycles. The van der Waals surface area contributed by atoms with E-state index in [1.165, 1.54) is 25.7 Å². The van der Waals surface area contributed by atoms with Gasteiger partial charge in [0.25, 0.3) is 5.56 Å². The molecule has 3 heterocycles. The molecule has 2 atom stereocenters. The van der Waals surface area contributed by atoms with E-state index in [1.54, 1.807) is 27.7 Å². The van der Waals surface area contributed by atoms with Gasteiger partial charge in [0.1, 0.15) is 0 Å². The average molecular weight is 343 g/mol. The minimum Gasteiger partial charge on any atom is -0.377 e. The van der Waals surface area contributed by atoms with Gasteiger partial charge in [0.2, 0.25) is 0 Å². The highest BCUT2D eigenvalue weighted by Crippen LogP contribution is 2.26. The molecule has 0 bridgehead atoms. The Bertz CT molecular complexity index is 749. The Morgan fingerprint density at radius 3 is 2.80 bits per heavy atom. The average Bonchev–Trinajstić information content (AvgIpc) is 3.29. The first-order chi connectivity index (χ1) is 12.2. The molecule has 2 fully saturated rings. The predicted octanol–water partition coefficient (Wildman–Crippen LogP) is 1.54. The molecule has 2 unspecified atom stereocenters. The maximum absolute atomic E-state index is 12.4. The summed E-state index contributed by atoms with van der Waals surface area (Å²) in [4.78, 5) is 12.4. The van der Waals surface area contributed by atoms with Gasteiger partial charge >= 0.3 is 0 Å². The lowest BCUT2D eigenvalue weighted by Crippen LogP contribution is -2.46. The number of hydrogen-bond donors (Lipinski definition) is 1. The van der Waals surface area contributed by atoms with Crippen LogP contribution in [0.2, 0.25) is 0 Å². The SMILES string of the molecule is CC1CCC(NC2COCC2n2nc(-n3cccn3)ccc2=O)CC1. The Labute approximate surface area is 147 Å². The molecule has 1 aliphatic carbocycles. The van der Waals surface area contributed by atoms with Crippen LogP contribution in [0.25, 0.3) is 5.82 Å². The quantitative estimate of drug-likeness (QED) is 0.911. The summed E-state index contributed by atoms with van der Waals surface area (Å²) in [5, 5.41) is 12.5. The fourth-order valence-electron chi connectivity index (χ4n) is 3.85. The van der Waals surface area contributed by atoms with Crippen molar-refractivity contribution in [3.05, 3.63) is 40.9 Å². The van der Waals surface area contributed by atoms with E-state index in [0.717, 1.165) is 5.92 Å². The molecule has 1 N–H and O–H groups in total. The molecular formula is C18H25N5O2. The number of rotatable bonds is 4. The summed E-state index contributed by atoms with van der Waals surface area (Å²) in [7, 11) is 0. The predicted molar refractivity (Wildman–Crippen MR) is 93.8 cm³/mol. The first-order valence-electron chi connectivity index (χ1n) is 9.14. The van der Waals surface area contributed by atoms with E-state index in [2.05, 4.69) is 22.4 Å². The second-order valence-corrected chi connectivity index (χ2v) is 7.26. The third-order valence-electron chi connectivity index (χ3n) is 5.38. The highest BCUT2D eigenvalue weighted by Gasteiger charge is 2.33. The Morgan fingerprint density at radius 2 is 2.04 bits per heavy atom. The summed E-state index contributed by atoms with van der Waals surface area (Å²) < 4.78 is 8.91. The molecule has 1 aliphatic heterocycles. The lowest BCUT2D eigenvalue weighted by Gasteiger charge is -2.31. The normalized spacial score (nSPS) is 29.8. The number of aromatic nitrogens is 4. The van der Waals surface area contributed by atoms with Crippen LogP contribution in [-0.4, -0.2) is 44.9 Å². The van der Waals surface area contributed by atoms with Crippen molar-refractivity contribution in [2.75, 3.05) is 13.2 Å². The van der Waals surface area contributed by atoms with Crippen molar-refractivity contribution in [3.63, 3.8) is 0 Å². The van der Waals surface area contributed by atoms with E-state index < -0.39 is 0 Å². The van der Waals surface area contributed by atoms with Crippen molar-refractivity contribution >= 4 is 0 Å². The van der Waals surface area contributed by atoms with Gasteiger partial charge in [-0.25, -0.2) is 9.36 Å². The Hall–Kier alpha value is -1.99. The second kappa shape index (κ2) is 7.09. The molecule has 0 amide bonds. The van der Waals surface area contributed by atoms with Crippen molar-refractivity contribution in [1.82, 2.24) is 24.9 Å². The van der Waals surface area contributed by atoms with E-state index in [-0.39, 0.29) is 17.6 Å². The van der Waals surface area contributed by atoms with Gasteiger partial charge in [-0.05, 0) is 43.7 Å². The van der Waals surface area contributed by atoms with Crippen molar-refractivity contribution < 1.29 is 4.74 Å². The lowest BCUT2D eigenvalue weighted by molar-refractivity contribution is 0.178. The molecule has 7 heteroatoms. The first kappa shape index (κ1) is 16.5. The van der Waals surface area contributed by atoms with Gasteiger partial charge in [0.05, 0.1) is 25.3 Å². The molecule has 7 nitrogen and oxygen atoms in total. The fraction of sp³-hybridized carbons (Fsp3) is 0.611. The molecule has 134 valence electrons. The molecule has 0 radical (unpaired) electrons. The fourth-order valence-corrected chi connectivity index (χ4v) is 3.85. The zero-order valence-corrected chi connectivity index (χ0v) is 14.5. The second-order valence-electron chi connectivity index (χ2n) is 7.26. The minimum absolute atomic E-state index is 0.0811. The zero-order chi connectivity index (χ0) is 17.2. The van der Waals surface area contributed by atoms with Gasteiger partial charge in [-0.3, -0.25) is 4.79 Å². The van der Waals surface area contributed by atoms with Crippen molar-refractivity contribution in [1.29, 1.82) is 0 Å². The molecule has 4 rings (SSSR count). The smallest absolute Gasteiger partial charge is 0.267 e. The Balaban J connectivity index is 1.53. The number of nitrogens with zero attached hydrogens (tertiary/aromatic N) is 4. The highest BCUT2D eigenvalue weighted by atomic mass is 16.5. The van der Waals surface area contributed by atoms with Crippen LogP contribution in [0.15, 0.2) is 35.4 Å². The topological polar surface area (TPSA) is 74.0 Å². The van der Waals surface area contributed by atoms with Crippen LogP contribution in [0.3, 0.4) is 0 Å². The van der Waals surface area contributed by atoms with E-state index in [4.69, 9.17) is 4.74 Å². The third-order valence-corrected chi connectivity index (χ3v) is 5.38. The lowest BCUT2D eigenvalue weighted by atomic mass is 9.87.